The summed E-state index contributed by atoms with van der Waals surface area (Å²) in [6.07, 6.45) is 0. The topological polar surface area (TPSA) is 38.3 Å². The average Bonchev–Trinajstić information content (AvgIpc) is 2.50. The first kappa shape index (κ1) is 16.1. The third kappa shape index (κ3) is 3.67. The van der Waals surface area contributed by atoms with Crippen molar-refractivity contribution >= 4 is 11.6 Å². The normalized spacial score (nSPS) is 11.1. The van der Waals surface area contributed by atoms with Gasteiger partial charge in [-0.25, -0.2) is 0 Å². The third-order valence-electron chi connectivity index (χ3n) is 3.76. The van der Waals surface area contributed by atoms with Gasteiger partial charge >= 0.3 is 0 Å². The van der Waals surface area contributed by atoms with E-state index in [1.54, 1.807) is 0 Å². The van der Waals surface area contributed by atoms with Crippen LogP contribution in [0.4, 0.5) is 5.69 Å². The number of rotatable bonds is 5. The standard InChI is InChI=1S/C19H23NO2/c1-5-22-17-12-10-16(11-13-17)20-18(21)19(3,4)15-8-6-14(2)7-9-15/h6-13H,5H2,1-4H3,(H,20,21). The van der Waals surface area contributed by atoms with E-state index in [4.69, 9.17) is 4.74 Å². The zero-order valence-corrected chi connectivity index (χ0v) is 13.6. The van der Waals surface area contributed by atoms with E-state index >= 15 is 0 Å². The summed E-state index contributed by atoms with van der Waals surface area (Å²) in [4.78, 5) is 12.6. The minimum absolute atomic E-state index is 0.0273. The van der Waals surface area contributed by atoms with Gasteiger partial charge in [-0.1, -0.05) is 29.8 Å². The molecule has 0 bridgehead atoms. The van der Waals surface area contributed by atoms with Crippen LogP contribution in [0.5, 0.6) is 5.75 Å². The van der Waals surface area contributed by atoms with Crippen molar-refractivity contribution in [3.63, 3.8) is 0 Å². The second-order valence-corrected chi connectivity index (χ2v) is 5.90. The lowest BCUT2D eigenvalue weighted by molar-refractivity contribution is -0.120. The molecule has 0 spiro atoms. The Hall–Kier alpha value is -2.29. The smallest absolute Gasteiger partial charge is 0.234 e. The quantitative estimate of drug-likeness (QED) is 0.893. The average molecular weight is 297 g/mol. The summed E-state index contributed by atoms with van der Waals surface area (Å²) in [6, 6.07) is 15.5. The maximum absolute atomic E-state index is 12.6. The largest absolute Gasteiger partial charge is 0.494 e. The Balaban J connectivity index is 2.11. The molecule has 0 aromatic heterocycles. The van der Waals surface area contributed by atoms with E-state index in [-0.39, 0.29) is 5.91 Å². The molecule has 0 aliphatic heterocycles. The van der Waals surface area contributed by atoms with Gasteiger partial charge in [0.2, 0.25) is 5.91 Å². The highest BCUT2D eigenvalue weighted by Gasteiger charge is 2.29. The van der Waals surface area contributed by atoms with E-state index in [1.807, 2.05) is 76.2 Å². The molecule has 1 N–H and O–H groups in total. The van der Waals surface area contributed by atoms with Crippen molar-refractivity contribution in [3.05, 3.63) is 59.7 Å². The van der Waals surface area contributed by atoms with Crippen molar-refractivity contribution in [1.82, 2.24) is 0 Å². The summed E-state index contributed by atoms with van der Waals surface area (Å²) in [6.45, 7) is 8.48. The number of anilines is 1. The lowest BCUT2D eigenvalue weighted by Crippen LogP contribution is -2.34. The molecule has 0 unspecified atom stereocenters. The highest BCUT2D eigenvalue weighted by atomic mass is 16.5. The van der Waals surface area contributed by atoms with Gasteiger partial charge in [-0.05, 0) is 57.5 Å². The fourth-order valence-corrected chi connectivity index (χ4v) is 2.19. The number of nitrogens with one attached hydrogen (secondary N) is 1. The minimum Gasteiger partial charge on any atom is -0.494 e. The van der Waals surface area contributed by atoms with E-state index < -0.39 is 5.41 Å². The van der Waals surface area contributed by atoms with Crippen molar-refractivity contribution in [2.75, 3.05) is 11.9 Å². The molecule has 0 saturated heterocycles. The number of hydrogen-bond donors (Lipinski definition) is 1. The zero-order chi connectivity index (χ0) is 16.2. The molecule has 0 heterocycles. The molecule has 22 heavy (non-hydrogen) atoms. The molecule has 2 aromatic rings. The summed E-state index contributed by atoms with van der Waals surface area (Å²) in [5.74, 6) is 0.777. The molecular weight excluding hydrogens is 274 g/mol. The second-order valence-electron chi connectivity index (χ2n) is 5.90. The maximum atomic E-state index is 12.6. The number of aryl methyl sites for hydroxylation is 1. The van der Waals surface area contributed by atoms with Gasteiger partial charge in [0.15, 0.2) is 0 Å². The first-order chi connectivity index (χ1) is 10.4. The van der Waals surface area contributed by atoms with Crippen LogP contribution in [0.15, 0.2) is 48.5 Å². The second kappa shape index (κ2) is 6.65. The van der Waals surface area contributed by atoms with Crippen molar-refractivity contribution in [2.45, 2.75) is 33.1 Å². The van der Waals surface area contributed by atoms with Gasteiger partial charge in [0.05, 0.1) is 12.0 Å². The Morgan fingerprint density at radius 3 is 2.18 bits per heavy atom. The summed E-state index contributed by atoms with van der Waals surface area (Å²) in [7, 11) is 0. The van der Waals surface area contributed by atoms with E-state index in [0.29, 0.717) is 6.61 Å². The van der Waals surface area contributed by atoms with Gasteiger partial charge in [-0.3, -0.25) is 4.79 Å². The Morgan fingerprint density at radius 2 is 1.64 bits per heavy atom. The molecule has 0 aliphatic carbocycles. The third-order valence-corrected chi connectivity index (χ3v) is 3.76. The minimum atomic E-state index is -0.591. The van der Waals surface area contributed by atoms with Crippen LogP contribution < -0.4 is 10.1 Å². The maximum Gasteiger partial charge on any atom is 0.234 e. The molecular formula is C19H23NO2. The zero-order valence-electron chi connectivity index (χ0n) is 13.6. The van der Waals surface area contributed by atoms with Gasteiger partial charge in [0.25, 0.3) is 0 Å². The van der Waals surface area contributed by atoms with E-state index in [2.05, 4.69) is 5.32 Å². The number of carbonyl (C=O) groups excluding carboxylic acids is 1. The molecule has 2 aromatic carbocycles. The molecule has 0 fully saturated rings. The number of benzene rings is 2. The van der Waals surface area contributed by atoms with E-state index in [0.717, 1.165) is 17.0 Å². The van der Waals surface area contributed by atoms with Crippen LogP contribution in [0, 0.1) is 6.92 Å². The molecule has 0 radical (unpaired) electrons. The number of amides is 1. The van der Waals surface area contributed by atoms with Crippen LogP contribution in [-0.4, -0.2) is 12.5 Å². The van der Waals surface area contributed by atoms with Gasteiger partial charge in [0.1, 0.15) is 5.75 Å². The first-order valence-corrected chi connectivity index (χ1v) is 7.55. The monoisotopic (exact) mass is 297 g/mol. The highest BCUT2D eigenvalue weighted by Crippen LogP contribution is 2.26. The molecule has 3 nitrogen and oxygen atoms in total. The predicted octanol–water partition coefficient (Wildman–Crippen LogP) is 4.31. The summed E-state index contributed by atoms with van der Waals surface area (Å²) in [5, 5.41) is 2.97. The fourth-order valence-electron chi connectivity index (χ4n) is 2.19. The van der Waals surface area contributed by atoms with E-state index in [9.17, 15) is 4.79 Å². The van der Waals surface area contributed by atoms with Crippen molar-refractivity contribution in [3.8, 4) is 5.75 Å². The summed E-state index contributed by atoms with van der Waals surface area (Å²) >= 11 is 0. The Bertz CT molecular complexity index is 627. The van der Waals surface area contributed by atoms with Crippen LogP contribution in [-0.2, 0) is 10.2 Å². The number of hydrogen-bond acceptors (Lipinski definition) is 2. The van der Waals surface area contributed by atoms with Crippen molar-refractivity contribution in [1.29, 1.82) is 0 Å². The fraction of sp³-hybridized carbons (Fsp3) is 0.316. The Kier molecular flexibility index (Phi) is 4.86. The van der Waals surface area contributed by atoms with Gasteiger partial charge in [-0.15, -0.1) is 0 Å². The Morgan fingerprint density at radius 1 is 1.05 bits per heavy atom. The van der Waals surface area contributed by atoms with Gasteiger partial charge in [-0.2, -0.15) is 0 Å². The first-order valence-electron chi connectivity index (χ1n) is 7.55. The van der Waals surface area contributed by atoms with Crippen LogP contribution in [0.25, 0.3) is 0 Å². The van der Waals surface area contributed by atoms with Gasteiger partial charge in [0, 0.05) is 5.69 Å². The highest BCUT2D eigenvalue weighted by molar-refractivity contribution is 5.98. The Labute approximate surface area is 132 Å². The van der Waals surface area contributed by atoms with Crippen LogP contribution >= 0.6 is 0 Å². The molecule has 2 rings (SSSR count). The molecule has 0 saturated carbocycles. The predicted molar refractivity (Wildman–Crippen MR) is 90.4 cm³/mol. The summed E-state index contributed by atoms with van der Waals surface area (Å²) < 4.78 is 5.40. The number of carbonyl (C=O) groups is 1. The molecule has 0 atom stereocenters. The summed E-state index contributed by atoms with van der Waals surface area (Å²) in [5.41, 5.74) is 2.37. The lowest BCUT2D eigenvalue weighted by Gasteiger charge is -2.24. The van der Waals surface area contributed by atoms with E-state index in [1.165, 1.54) is 5.56 Å². The SMILES string of the molecule is CCOc1ccc(NC(=O)C(C)(C)c2ccc(C)cc2)cc1. The molecule has 3 heteroatoms. The van der Waals surface area contributed by atoms with Gasteiger partial charge < -0.3 is 10.1 Å². The molecule has 0 aliphatic rings. The molecule has 116 valence electrons. The van der Waals surface area contributed by atoms with Crippen LogP contribution in [0.2, 0.25) is 0 Å². The van der Waals surface area contributed by atoms with Crippen LogP contribution in [0.3, 0.4) is 0 Å². The lowest BCUT2D eigenvalue weighted by atomic mass is 9.83. The molecule has 1 amide bonds. The van der Waals surface area contributed by atoms with Crippen molar-refractivity contribution < 1.29 is 9.53 Å². The van der Waals surface area contributed by atoms with Crippen LogP contribution in [0.1, 0.15) is 31.9 Å². The van der Waals surface area contributed by atoms with Crippen molar-refractivity contribution in [2.24, 2.45) is 0 Å². The number of ether oxygens (including phenoxy) is 1.